The fourth-order valence-corrected chi connectivity index (χ4v) is 3.62. The third kappa shape index (κ3) is 2.15. The lowest BCUT2D eigenvalue weighted by Gasteiger charge is -2.07. The van der Waals surface area contributed by atoms with Crippen LogP contribution in [0.25, 0.3) is 34.1 Å². The number of hydrogen-bond donors (Lipinski definition) is 0. The largest absolute Gasteiger partial charge is 0.463 e. The highest BCUT2D eigenvalue weighted by molar-refractivity contribution is 6.30. The predicted molar refractivity (Wildman–Crippen MR) is 105 cm³/mol. The van der Waals surface area contributed by atoms with Gasteiger partial charge in [-0.3, -0.25) is 22.9 Å². The van der Waals surface area contributed by atoms with Crippen LogP contribution in [0.15, 0.2) is 62.9 Å². The van der Waals surface area contributed by atoms with Gasteiger partial charge in [0.05, 0.1) is 12.0 Å². The van der Waals surface area contributed by atoms with Crippen LogP contribution in [0, 0.1) is 0 Å². The Morgan fingerprint density at radius 3 is 2.61 bits per heavy atom. The number of fused-ring (bicyclic) bond motifs is 3. The summed E-state index contributed by atoms with van der Waals surface area (Å²) in [6, 6.07) is 10.9. The van der Waals surface area contributed by atoms with Crippen molar-refractivity contribution >= 4 is 28.5 Å². The Kier molecular flexibility index (Phi) is 3.41. The molecule has 4 heterocycles. The van der Waals surface area contributed by atoms with Gasteiger partial charge in [-0.1, -0.05) is 17.7 Å². The number of rotatable bonds is 2. The van der Waals surface area contributed by atoms with Crippen LogP contribution >= 0.6 is 11.6 Å². The molecule has 1 aromatic carbocycles. The van der Waals surface area contributed by atoms with Gasteiger partial charge in [-0.25, -0.2) is 4.79 Å². The van der Waals surface area contributed by atoms with E-state index >= 15 is 0 Å². The van der Waals surface area contributed by atoms with Crippen LogP contribution in [0.3, 0.4) is 0 Å². The van der Waals surface area contributed by atoms with Gasteiger partial charge in [-0.05, 0) is 30.3 Å². The van der Waals surface area contributed by atoms with Crippen LogP contribution in [0.2, 0.25) is 5.02 Å². The van der Waals surface area contributed by atoms with E-state index in [0.717, 1.165) is 10.3 Å². The molecule has 28 heavy (non-hydrogen) atoms. The van der Waals surface area contributed by atoms with Crippen molar-refractivity contribution in [2.24, 2.45) is 14.1 Å². The summed E-state index contributed by atoms with van der Waals surface area (Å²) in [6.07, 6.45) is 3.35. The molecule has 0 radical (unpaired) electrons. The molecule has 0 amide bonds. The van der Waals surface area contributed by atoms with E-state index in [4.69, 9.17) is 16.0 Å². The molecule has 0 N–H and O–H groups in total. The normalized spacial score (nSPS) is 11.7. The Morgan fingerprint density at radius 2 is 1.89 bits per heavy atom. The number of furan rings is 1. The van der Waals surface area contributed by atoms with E-state index in [1.165, 1.54) is 11.6 Å². The van der Waals surface area contributed by atoms with E-state index in [1.807, 2.05) is 22.8 Å². The summed E-state index contributed by atoms with van der Waals surface area (Å²) in [5, 5.41) is 0.564. The minimum absolute atomic E-state index is 0.310. The Morgan fingerprint density at radius 1 is 1.07 bits per heavy atom. The second-order valence-electron chi connectivity index (χ2n) is 6.47. The lowest BCUT2D eigenvalue weighted by molar-refractivity contribution is 0.579. The first kappa shape index (κ1) is 16.6. The molecule has 5 aromatic rings. The lowest BCUT2D eigenvalue weighted by atomic mass is 10.3. The molecule has 140 valence electrons. The molecule has 0 saturated carbocycles. The molecule has 8 nitrogen and oxygen atoms in total. The number of imidazole rings is 2. The lowest BCUT2D eigenvalue weighted by Crippen LogP contribution is -2.37. The van der Waals surface area contributed by atoms with Gasteiger partial charge in [0.1, 0.15) is 5.69 Å². The van der Waals surface area contributed by atoms with Crippen molar-refractivity contribution in [2.75, 3.05) is 0 Å². The van der Waals surface area contributed by atoms with Crippen molar-refractivity contribution < 1.29 is 4.42 Å². The quantitative estimate of drug-likeness (QED) is 0.460. The van der Waals surface area contributed by atoms with Gasteiger partial charge in [0, 0.05) is 25.3 Å². The van der Waals surface area contributed by atoms with Gasteiger partial charge in [0.2, 0.25) is 5.78 Å². The highest BCUT2D eigenvalue weighted by atomic mass is 35.5. The molecule has 0 saturated heterocycles. The van der Waals surface area contributed by atoms with Crippen molar-refractivity contribution in [3.05, 3.63) is 74.7 Å². The zero-order chi connectivity index (χ0) is 19.6. The minimum Gasteiger partial charge on any atom is -0.463 e. The molecule has 0 bridgehead atoms. The minimum atomic E-state index is -0.432. The average molecular weight is 396 g/mol. The maximum atomic E-state index is 12.8. The molecule has 0 aliphatic heterocycles. The highest BCUT2D eigenvalue weighted by Gasteiger charge is 2.22. The van der Waals surface area contributed by atoms with Gasteiger partial charge in [-0.2, -0.15) is 4.98 Å². The maximum absolute atomic E-state index is 12.8. The molecular weight excluding hydrogens is 382 g/mol. The van der Waals surface area contributed by atoms with Crippen LogP contribution in [0.4, 0.5) is 0 Å². The molecule has 4 aromatic heterocycles. The third-order valence-electron chi connectivity index (χ3n) is 4.81. The summed E-state index contributed by atoms with van der Waals surface area (Å²) >= 11 is 6.20. The van der Waals surface area contributed by atoms with Gasteiger partial charge in [0.25, 0.3) is 5.56 Å². The number of aromatic nitrogens is 5. The second-order valence-corrected chi connectivity index (χ2v) is 6.90. The van der Waals surface area contributed by atoms with Crippen molar-refractivity contribution in [1.82, 2.24) is 23.1 Å². The fourth-order valence-electron chi connectivity index (χ4n) is 3.44. The molecular formula is C19H14ClN5O3. The van der Waals surface area contributed by atoms with E-state index in [-0.39, 0.29) is 0 Å². The van der Waals surface area contributed by atoms with Crippen LogP contribution in [0.5, 0.6) is 0 Å². The van der Waals surface area contributed by atoms with Crippen LogP contribution < -0.4 is 11.2 Å². The van der Waals surface area contributed by atoms with Crippen LogP contribution in [-0.4, -0.2) is 23.1 Å². The van der Waals surface area contributed by atoms with E-state index in [0.29, 0.717) is 33.4 Å². The average Bonchev–Trinajstić information content (AvgIpc) is 3.39. The van der Waals surface area contributed by atoms with Crippen LogP contribution in [0.1, 0.15) is 0 Å². The molecule has 0 aliphatic rings. The molecule has 0 aliphatic carbocycles. The number of benzene rings is 1. The number of aryl methyl sites for hydroxylation is 1. The molecule has 0 fully saturated rings. The maximum Gasteiger partial charge on any atom is 0.332 e. The molecule has 5 rings (SSSR count). The summed E-state index contributed by atoms with van der Waals surface area (Å²) in [4.78, 5) is 29.7. The van der Waals surface area contributed by atoms with Crippen molar-refractivity contribution in [3.63, 3.8) is 0 Å². The summed E-state index contributed by atoms with van der Waals surface area (Å²) < 4.78 is 11.5. The van der Waals surface area contributed by atoms with E-state index in [9.17, 15) is 9.59 Å². The Labute approximate surface area is 162 Å². The molecule has 9 heteroatoms. The van der Waals surface area contributed by atoms with Gasteiger partial charge < -0.3 is 4.42 Å². The number of hydrogen-bond acceptors (Lipinski definition) is 4. The Balaban J connectivity index is 2.00. The SMILES string of the molecule is Cn1c(=O)c2c(nc3n(-c4cccc(Cl)c4)c(-c4ccco4)cn23)n(C)c1=O. The Bertz CT molecular complexity index is 1480. The van der Waals surface area contributed by atoms with Crippen molar-refractivity contribution in [1.29, 1.82) is 0 Å². The zero-order valence-electron chi connectivity index (χ0n) is 15.0. The fraction of sp³-hybridized carbons (Fsp3) is 0.105. The number of nitrogens with zero attached hydrogens (tertiary/aromatic N) is 5. The summed E-state index contributed by atoms with van der Waals surface area (Å²) in [5.41, 5.74) is 1.23. The van der Waals surface area contributed by atoms with Crippen molar-refractivity contribution in [2.45, 2.75) is 0 Å². The first-order valence-electron chi connectivity index (χ1n) is 8.46. The number of halogens is 1. The standard InChI is InChI=1S/C19H14ClN5O3/c1-22-16-15(17(26)23(2)19(22)27)24-10-13(14-7-4-8-28-14)25(18(24)21-16)12-6-3-5-11(20)9-12/h3-10H,1-2H3. The third-order valence-corrected chi connectivity index (χ3v) is 5.04. The van der Waals surface area contributed by atoms with Gasteiger partial charge >= 0.3 is 5.69 Å². The van der Waals surface area contributed by atoms with Gasteiger partial charge in [-0.15, -0.1) is 0 Å². The Hall–Kier alpha value is -3.52. The van der Waals surface area contributed by atoms with Crippen LogP contribution in [-0.2, 0) is 14.1 Å². The van der Waals surface area contributed by atoms with E-state index < -0.39 is 11.2 Å². The highest BCUT2D eigenvalue weighted by Crippen LogP contribution is 2.29. The topological polar surface area (TPSA) is 79.4 Å². The molecule has 0 unspecified atom stereocenters. The van der Waals surface area contributed by atoms with Crippen molar-refractivity contribution in [3.8, 4) is 17.1 Å². The molecule has 0 atom stereocenters. The summed E-state index contributed by atoms with van der Waals surface area (Å²) in [5.74, 6) is 1.09. The smallest absolute Gasteiger partial charge is 0.332 e. The first-order chi connectivity index (χ1) is 13.5. The zero-order valence-corrected chi connectivity index (χ0v) is 15.7. The predicted octanol–water partition coefficient (Wildman–Crippen LogP) is 2.59. The summed E-state index contributed by atoms with van der Waals surface area (Å²) in [7, 11) is 3.04. The summed E-state index contributed by atoms with van der Waals surface area (Å²) in [6.45, 7) is 0. The van der Waals surface area contributed by atoms with E-state index in [2.05, 4.69) is 4.98 Å². The second kappa shape index (κ2) is 5.74. The monoisotopic (exact) mass is 395 g/mol. The van der Waals surface area contributed by atoms with Gasteiger partial charge in [0.15, 0.2) is 16.9 Å². The molecule has 0 spiro atoms. The first-order valence-corrected chi connectivity index (χ1v) is 8.84. The van der Waals surface area contributed by atoms with E-state index in [1.54, 1.807) is 42.1 Å².